The predicted octanol–water partition coefficient (Wildman–Crippen LogP) is 3.15. The Labute approximate surface area is 131 Å². The van der Waals surface area contributed by atoms with E-state index in [9.17, 15) is 4.79 Å². The molecule has 110 valence electrons. The highest BCUT2D eigenvalue weighted by atomic mass is 35.5. The van der Waals surface area contributed by atoms with E-state index in [0.29, 0.717) is 27.5 Å². The Balaban J connectivity index is 1.95. The molecular formula is C16H12ClN3O2. The van der Waals surface area contributed by atoms with E-state index >= 15 is 0 Å². The van der Waals surface area contributed by atoms with Crippen molar-refractivity contribution in [1.82, 2.24) is 15.0 Å². The van der Waals surface area contributed by atoms with Crippen LogP contribution in [0.15, 0.2) is 41.5 Å². The van der Waals surface area contributed by atoms with Gasteiger partial charge in [-0.15, -0.1) is 0 Å². The topological polar surface area (TPSA) is 67.9 Å². The Bertz CT molecular complexity index is 919. The molecule has 2 heterocycles. The fourth-order valence-electron chi connectivity index (χ4n) is 2.05. The van der Waals surface area contributed by atoms with E-state index in [1.54, 1.807) is 43.8 Å². The Morgan fingerprint density at radius 1 is 1.27 bits per heavy atom. The van der Waals surface area contributed by atoms with Crippen molar-refractivity contribution in [2.24, 2.45) is 0 Å². The monoisotopic (exact) mass is 313 g/mol. The quantitative estimate of drug-likeness (QED) is 0.806. The zero-order valence-corrected chi connectivity index (χ0v) is 12.5. The molecule has 0 aliphatic carbocycles. The summed E-state index contributed by atoms with van der Waals surface area (Å²) < 4.78 is 5.10. The minimum Gasteiger partial charge on any atom is -0.495 e. The van der Waals surface area contributed by atoms with Crippen molar-refractivity contribution in [3.63, 3.8) is 0 Å². The maximum absolute atomic E-state index is 12.0. The molecule has 3 rings (SSSR count). The van der Waals surface area contributed by atoms with Crippen molar-refractivity contribution in [2.45, 2.75) is 0 Å². The molecule has 5 nitrogen and oxygen atoms in total. The molecule has 0 amide bonds. The number of nitrogens with zero attached hydrogens (tertiary/aromatic N) is 2. The number of hydrogen-bond donors (Lipinski definition) is 1. The third kappa shape index (κ3) is 2.84. The zero-order chi connectivity index (χ0) is 15.5. The van der Waals surface area contributed by atoms with Gasteiger partial charge >= 0.3 is 0 Å². The van der Waals surface area contributed by atoms with Gasteiger partial charge in [0, 0.05) is 6.20 Å². The number of aromatic nitrogens is 3. The Hall–Kier alpha value is -2.66. The molecule has 0 spiro atoms. The summed E-state index contributed by atoms with van der Waals surface area (Å²) in [6.45, 7) is 0. The lowest BCUT2D eigenvalue weighted by Crippen LogP contribution is -2.09. The van der Waals surface area contributed by atoms with E-state index in [1.807, 2.05) is 12.1 Å². The molecule has 2 aromatic heterocycles. The number of hydrogen-bond acceptors (Lipinski definition) is 4. The summed E-state index contributed by atoms with van der Waals surface area (Å²) in [5.41, 5.74) is 1.23. The van der Waals surface area contributed by atoms with Crippen LogP contribution in [-0.2, 0) is 0 Å². The molecule has 0 fully saturated rings. The molecule has 0 radical (unpaired) electrons. The van der Waals surface area contributed by atoms with Gasteiger partial charge in [0.1, 0.15) is 11.6 Å². The van der Waals surface area contributed by atoms with E-state index in [1.165, 1.54) is 0 Å². The van der Waals surface area contributed by atoms with Crippen LogP contribution in [0.25, 0.3) is 23.1 Å². The minimum absolute atomic E-state index is 0.195. The Morgan fingerprint density at radius 3 is 2.91 bits per heavy atom. The van der Waals surface area contributed by atoms with Crippen molar-refractivity contribution in [1.29, 1.82) is 0 Å². The second-order valence-electron chi connectivity index (χ2n) is 4.57. The second-order valence-corrected chi connectivity index (χ2v) is 4.98. The first-order valence-corrected chi connectivity index (χ1v) is 6.91. The van der Waals surface area contributed by atoms with Crippen molar-refractivity contribution >= 4 is 34.7 Å². The molecule has 0 saturated heterocycles. The number of aromatic amines is 1. The predicted molar refractivity (Wildman–Crippen MR) is 87.1 cm³/mol. The summed E-state index contributed by atoms with van der Waals surface area (Å²) in [6, 6.07) is 7.06. The van der Waals surface area contributed by atoms with Crippen LogP contribution < -0.4 is 10.3 Å². The third-order valence-corrected chi connectivity index (χ3v) is 3.43. The number of benzene rings is 1. The Morgan fingerprint density at radius 2 is 2.14 bits per heavy atom. The summed E-state index contributed by atoms with van der Waals surface area (Å²) in [4.78, 5) is 23.0. The van der Waals surface area contributed by atoms with Crippen LogP contribution in [0.2, 0.25) is 5.02 Å². The van der Waals surface area contributed by atoms with E-state index in [0.717, 1.165) is 5.56 Å². The zero-order valence-electron chi connectivity index (χ0n) is 11.7. The van der Waals surface area contributed by atoms with Crippen LogP contribution in [0.1, 0.15) is 11.4 Å². The van der Waals surface area contributed by atoms with Gasteiger partial charge in [-0.1, -0.05) is 23.7 Å². The van der Waals surface area contributed by atoms with Gasteiger partial charge in [-0.25, -0.2) is 4.98 Å². The van der Waals surface area contributed by atoms with Gasteiger partial charge in [-0.05, 0) is 29.8 Å². The van der Waals surface area contributed by atoms with Gasteiger partial charge < -0.3 is 9.72 Å². The number of nitrogens with one attached hydrogen (secondary N) is 1. The number of halogens is 1. The number of pyridine rings is 1. The summed E-state index contributed by atoms with van der Waals surface area (Å²) >= 11 is 6.07. The van der Waals surface area contributed by atoms with Gasteiger partial charge in [0.25, 0.3) is 5.56 Å². The van der Waals surface area contributed by atoms with E-state index in [4.69, 9.17) is 16.3 Å². The first-order valence-electron chi connectivity index (χ1n) is 6.53. The molecule has 1 aromatic carbocycles. The number of H-pyrrole nitrogens is 1. The van der Waals surface area contributed by atoms with Crippen LogP contribution in [0.4, 0.5) is 0 Å². The van der Waals surface area contributed by atoms with Crippen LogP contribution >= 0.6 is 11.6 Å². The lowest BCUT2D eigenvalue weighted by atomic mass is 10.2. The highest BCUT2D eigenvalue weighted by Gasteiger charge is 2.02. The molecular weight excluding hydrogens is 302 g/mol. The maximum Gasteiger partial charge on any atom is 0.259 e. The first-order chi connectivity index (χ1) is 10.7. The largest absolute Gasteiger partial charge is 0.495 e. The van der Waals surface area contributed by atoms with Crippen molar-refractivity contribution in [2.75, 3.05) is 7.11 Å². The molecule has 0 atom stereocenters. The van der Waals surface area contributed by atoms with E-state index in [-0.39, 0.29) is 5.56 Å². The fraction of sp³-hybridized carbons (Fsp3) is 0.0625. The molecule has 0 aliphatic heterocycles. The molecule has 1 N–H and O–H groups in total. The lowest BCUT2D eigenvalue weighted by molar-refractivity contribution is 0.415. The first kappa shape index (κ1) is 14.3. The molecule has 22 heavy (non-hydrogen) atoms. The van der Waals surface area contributed by atoms with Crippen molar-refractivity contribution < 1.29 is 4.74 Å². The van der Waals surface area contributed by atoms with Crippen LogP contribution in [0.3, 0.4) is 0 Å². The smallest absolute Gasteiger partial charge is 0.259 e. The highest BCUT2D eigenvalue weighted by molar-refractivity contribution is 6.32. The maximum atomic E-state index is 12.0. The molecule has 0 saturated carbocycles. The molecule has 0 unspecified atom stereocenters. The minimum atomic E-state index is -0.195. The molecule has 0 bridgehead atoms. The Kier molecular flexibility index (Phi) is 3.89. The number of methoxy groups -OCH3 is 1. The average Bonchev–Trinajstić information content (AvgIpc) is 2.53. The third-order valence-electron chi connectivity index (χ3n) is 3.14. The van der Waals surface area contributed by atoms with E-state index in [2.05, 4.69) is 15.0 Å². The van der Waals surface area contributed by atoms with Gasteiger partial charge in [0.2, 0.25) is 0 Å². The summed E-state index contributed by atoms with van der Waals surface area (Å²) in [5, 5.41) is 1.04. The average molecular weight is 314 g/mol. The fourth-order valence-corrected chi connectivity index (χ4v) is 2.32. The van der Waals surface area contributed by atoms with Crippen molar-refractivity contribution in [3.05, 3.63) is 63.4 Å². The SMILES string of the molecule is COc1ccc(/C=C/c2nc3cnccc3c(=O)[nH]2)cc1Cl. The number of ether oxygens (including phenoxy) is 1. The van der Waals surface area contributed by atoms with Gasteiger partial charge in [-0.3, -0.25) is 9.78 Å². The van der Waals surface area contributed by atoms with Crippen molar-refractivity contribution in [3.8, 4) is 5.75 Å². The van der Waals surface area contributed by atoms with Crippen LogP contribution in [-0.4, -0.2) is 22.1 Å². The molecule has 3 aromatic rings. The van der Waals surface area contributed by atoms with E-state index < -0.39 is 0 Å². The summed E-state index contributed by atoms with van der Waals surface area (Å²) in [7, 11) is 1.56. The summed E-state index contributed by atoms with van der Waals surface area (Å²) in [5.74, 6) is 1.07. The molecule has 6 heteroatoms. The molecule has 0 aliphatic rings. The van der Waals surface area contributed by atoms with Crippen LogP contribution in [0.5, 0.6) is 5.75 Å². The second kappa shape index (κ2) is 5.99. The summed E-state index contributed by atoms with van der Waals surface area (Å²) in [6.07, 6.45) is 6.65. The standard InChI is InChI=1S/C16H12ClN3O2/c1-22-14-4-2-10(8-12(14)17)3-5-15-19-13-9-18-7-6-11(13)16(21)20-15/h2-9H,1H3,(H,19,20,21)/b5-3+. The highest BCUT2D eigenvalue weighted by Crippen LogP contribution is 2.25. The van der Waals surface area contributed by atoms with Gasteiger partial charge in [0.05, 0.1) is 29.2 Å². The normalized spacial score (nSPS) is 11.2. The number of fused-ring (bicyclic) bond motifs is 1. The lowest BCUT2D eigenvalue weighted by Gasteiger charge is -2.03. The number of rotatable bonds is 3. The van der Waals surface area contributed by atoms with Crippen LogP contribution in [0, 0.1) is 0 Å². The van der Waals surface area contributed by atoms with Gasteiger partial charge in [0.15, 0.2) is 0 Å². The van der Waals surface area contributed by atoms with Gasteiger partial charge in [-0.2, -0.15) is 0 Å².